The van der Waals surface area contributed by atoms with Gasteiger partial charge in [-0.25, -0.2) is 0 Å². The number of hydrogen-bond acceptors (Lipinski definition) is 0. The SMILES string of the molecule is Cc1cccc(-c2ccccc2-c2ccc(C(C)(C)C)cc2)c1. The van der Waals surface area contributed by atoms with E-state index in [1.165, 1.54) is 33.4 Å². The summed E-state index contributed by atoms with van der Waals surface area (Å²) in [6.07, 6.45) is 0. The molecule has 0 atom stereocenters. The van der Waals surface area contributed by atoms with Gasteiger partial charge in [0, 0.05) is 0 Å². The number of benzene rings is 3. The Labute approximate surface area is 139 Å². The van der Waals surface area contributed by atoms with Crippen LogP contribution in [0.25, 0.3) is 22.3 Å². The molecule has 3 aromatic carbocycles. The summed E-state index contributed by atoms with van der Waals surface area (Å²) in [5, 5.41) is 0. The molecule has 3 aromatic rings. The van der Waals surface area contributed by atoms with Crippen LogP contribution in [0.3, 0.4) is 0 Å². The summed E-state index contributed by atoms with van der Waals surface area (Å²) in [4.78, 5) is 0. The number of rotatable bonds is 2. The second kappa shape index (κ2) is 6.04. The molecule has 0 heterocycles. The van der Waals surface area contributed by atoms with Crippen molar-refractivity contribution < 1.29 is 0 Å². The highest BCUT2D eigenvalue weighted by Crippen LogP contribution is 2.33. The first-order valence-corrected chi connectivity index (χ1v) is 8.22. The van der Waals surface area contributed by atoms with Gasteiger partial charge in [-0.1, -0.05) is 99.1 Å². The molecule has 0 heteroatoms. The summed E-state index contributed by atoms with van der Waals surface area (Å²) < 4.78 is 0. The van der Waals surface area contributed by atoms with Crippen LogP contribution in [0.5, 0.6) is 0 Å². The van der Waals surface area contributed by atoms with Crippen molar-refractivity contribution in [2.75, 3.05) is 0 Å². The molecule has 0 spiro atoms. The fourth-order valence-electron chi connectivity index (χ4n) is 2.95. The maximum atomic E-state index is 2.25. The molecular weight excluding hydrogens is 276 g/mol. The normalized spacial score (nSPS) is 11.5. The molecule has 0 N–H and O–H groups in total. The molecule has 0 radical (unpaired) electrons. The van der Waals surface area contributed by atoms with Crippen molar-refractivity contribution >= 4 is 0 Å². The zero-order valence-electron chi connectivity index (χ0n) is 14.4. The molecule has 0 nitrogen and oxygen atoms in total. The summed E-state index contributed by atoms with van der Waals surface area (Å²) in [6, 6.07) is 26.4. The molecule has 0 aliphatic rings. The topological polar surface area (TPSA) is 0 Å². The Morgan fingerprint density at radius 3 is 1.78 bits per heavy atom. The third-order valence-electron chi connectivity index (χ3n) is 4.32. The van der Waals surface area contributed by atoms with Gasteiger partial charge >= 0.3 is 0 Å². The third-order valence-corrected chi connectivity index (χ3v) is 4.32. The van der Waals surface area contributed by atoms with Crippen LogP contribution >= 0.6 is 0 Å². The van der Waals surface area contributed by atoms with E-state index in [1.807, 2.05) is 0 Å². The summed E-state index contributed by atoms with van der Waals surface area (Å²) in [7, 11) is 0. The number of hydrogen-bond donors (Lipinski definition) is 0. The fourth-order valence-corrected chi connectivity index (χ4v) is 2.95. The van der Waals surface area contributed by atoms with Gasteiger partial charge in [0.1, 0.15) is 0 Å². The smallest absolute Gasteiger partial charge is 0.0105 e. The Morgan fingerprint density at radius 2 is 1.22 bits per heavy atom. The quantitative estimate of drug-likeness (QED) is 0.498. The largest absolute Gasteiger partial charge is 0.0616 e. The standard InChI is InChI=1S/C23H24/c1-17-8-7-9-19(16-17)22-11-6-5-10-21(22)18-12-14-20(15-13-18)23(2,3)4/h5-16H,1-4H3. The average Bonchev–Trinajstić information content (AvgIpc) is 2.54. The van der Waals surface area contributed by atoms with Crippen molar-refractivity contribution in [2.45, 2.75) is 33.1 Å². The van der Waals surface area contributed by atoms with E-state index in [4.69, 9.17) is 0 Å². The van der Waals surface area contributed by atoms with Crippen molar-refractivity contribution in [3.05, 3.63) is 83.9 Å². The molecule has 0 unspecified atom stereocenters. The van der Waals surface area contributed by atoms with Gasteiger partial charge in [0.25, 0.3) is 0 Å². The van der Waals surface area contributed by atoms with Gasteiger partial charge in [-0.15, -0.1) is 0 Å². The molecule has 0 fully saturated rings. The lowest BCUT2D eigenvalue weighted by Gasteiger charge is -2.19. The van der Waals surface area contributed by atoms with Gasteiger partial charge in [0.15, 0.2) is 0 Å². The van der Waals surface area contributed by atoms with Crippen LogP contribution in [0.15, 0.2) is 72.8 Å². The highest BCUT2D eigenvalue weighted by molar-refractivity contribution is 5.83. The van der Waals surface area contributed by atoms with E-state index in [0.717, 1.165) is 0 Å². The van der Waals surface area contributed by atoms with Gasteiger partial charge < -0.3 is 0 Å². The van der Waals surface area contributed by atoms with Gasteiger partial charge in [-0.3, -0.25) is 0 Å². The van der Waals surface area contributed by atoms with Crippen LogP contribution in [0.1, 0.15) is 31.9 Å². The van der Waals surface area contributed by atoms with Gasteiger partial charge in [-0.05, 0) is 40.2 Å². The van der Waals surface area contributed by atoms with Crippen LogP contribution in [0.4, 0.5) is 0 Å². The van der Waals surface area contributed by atoms with Crippen molar-refractivity contribution in [2.24, 2.45) is 0 Å². The molecule has 0 saturated heterocycles. The minimum absolute atomic E-state index is 0.189. The van der Waals surface area contributed by atoms with Gasteiger partial charge in [0.2, 0.25) is 0 Å². The lowest BCUT2D eigenvalue weighted by Crippen LogP contribution is -2.10. The van der Waals surface area contributed by atoms with E-state index in [-0.39, 0.29) is 5.41 Å². The zero-order chi connectivity index (χ0) is 16.4. The Kier molecular flexibility index (Phi) is 4.09. The molecule has 23 heavy (non-hydrogen) atoms. The molecule has 0 bridgehead atoms. The van der Waals surface area contributed by atoms with Crippen LogP contribution in [-0.4, -0.2) is 0 Å². The molecular formula is C23H24. The zero-order valence-corrected chi connectivity index (χ0v) is 14.4. The van der Waals surface area contributed by atoms with Crippen LogP contribution in [0.2, 0.25) is 0 Å². The van der Waals surface area contributed by atoms with E-state index in [2.05, 4.69) is 100 Å². The van der Waals surface area contributed by atoms with E-state index in [1.54, 1.807) is 0 Å². The second-order valence-electron chi connectivity index (χ2n) is 7.24. The lowest BCUT2D eigenvalue weighted by molar-refractivity contribution is 0.590. The van der Waals surface area contributed by atoms with E-state index >= 15 is 0 Å². The molecule has 0 saturated carbocycles. The average molecular weight is 300 g/mol. The monoisotopic (exact) mass is 300 g/mol. The predicted molar refractivity (Wildman–Crippen MR) is 101 cm³/mol. The molecule has 0 aliphatic heterocycles. The first kappa shape index (κ1) is 15.6. The fraction of sp³-hybridized carbons (Fsp3) is 0.217. The summed E-state index contributed by atoms with van der Waals surface area (Å²) in [5.74, 6) is 0. The maximum absolute atomic E-state index is 2.25. The maximum Gasteiger partial charge on any atom is -0.0105 e. The van der Waals surface area contributed by atoms with Crippen molar-refractivity contribution in [3.63, 3.8) is 0 Å². The van der Waals surface area contributed by atoms with Crippen LogP contribution in [0, 0.1) is 6.92 Å². The second-order valence-corrected chi connectivity index (χ2v) is 7.24. The minimum atomic E-state index is 0.189. The van der Waals surface area contributed by atoms with Crippen LogP contribution < -0.4 is 0 Å². The highest BCUT2D eigenvalue weighted by Gasteiger charge is 2.14. The van der Waals surface area contributed by atoms with E-state index in [0.29, 0.717) is 0 Å². The minimum Gasteiger partial charge on any atom is -0.0616 e. The predicted octanol–water partition coefficient (Wildman–Crippen LogP) is 6.63. The molecule has 3 rings (SSSR count). The van der Waals surface area contributed by atoms with Gasteiger partial charge in [-0.2, -0.15) is 0 Å². The first-order chi connectivity index (χ1) is 10.9. The Hall–Kier alpha value is -2.34. The summed E-state index contributed by atoms with van der Waals surface area (Å²) in [5.41, 5.74) is 7.98. The van der Waals surface area contributed by atoms with Gasteiger partial charge in [0.05, 0.1) is 0 Å². The Bertz CT molecular complexity index is 802. The van der Waals surface area contributed by atoms with Crippen molar-refractivity contribution in [3.8, 4) is 22.3 Å². The van der Waals surface area contributed by atoms with Crippen LogP contribution in [-0.2, 0) is 5.41 Å². The molecule has 0 aliphatic carbocycles. The summed E-state index contributed by atoms with van der Waals surface area (Å²) in [6.45, 7) is 8.90. The molecule has 0 amide bonds. The van der Waals surface area contributed by atoms with Crippen molar-refractivity contribution in [1.82, 2.24) is 0 Å². The Morgan fingerprint density at radius 1 is 0.609 bits per heavy atom. The van der Waals surface area contributed by atoms with Crippen molar-refractivity contribution in [1.29, 1.82) is 0 Å². The molecule has 116 valence electrons. The molecule has 0 aromatic heterocycles. The Balaban J connectivity index is 2.08. The van der Waals surface area contributed by atoms with E-state index < -0.39 is 0 Å². The van der Waals surface area contributed by atoms with E-state index in [9.17, 15) is 0 Å². The first-order valence-electron chi connectivity index (χ1n) is 8.22. The number of aryl methyl sites for hydroxylation is 1. The highest BCUT2D eigenvalue weighted by atomic mass is 14.2. The lowest BCUT2D eigenvalue weighted by atomic mass is 9.85. The summed E-state index contributed by atoms with van der Waals surface area (Å²) >= 11 is 0. The third kappa shape index (κ3) is 3.37.